The summed E-state index contributed by atoms with van der Waals surface area (Å²) in [5.74, 6) is 1.05. The topological polar surface area (TPSA) is 64.3 Å². The van der Waals surface area contributed by atoms with Crippen molar-refractivity contribution in [3.63, 3.8) is 0 Å². The van der Waals surface area contributed by atoms with Crippen LogP contribution >= 0.6 is 15.9 Å². The van der Waals surface area contributed by atoms with Gasteiger partial charge in [0.1, 0.15) is 5.75 Å². The molecule has 0 radical (unpaired) electrons. The van der Waals surface area contributed by atoms with Crippen LogP contribution in [0.3, 0.4) is 0 Å². The van der Waals surface area contributed by atoms with Gasteiger partial charge >= 0.3 is 0 Å². The van der Waals surface area contributed by atoms with Crippen molar-refractivity contribution < 1.29 is 9.53 Å². The van der Waals surface area contributed by atoms with Gasteiger partial charge < -0.3 is 15.8 Å². The molecule has 1 aromatic rings. The van der Waals surface area contributed by atoms with Gasteiger partial charge in [0.2, 0.25) is 0 Å². The summed E-state index contributed by atoms with van der Waals surface area (Å²) in [6.45, 7) is 2.66. The molecule has 1 saturated carbocycles. The lowest BCUT2D eigenvalue weighted by molar-refractivity contribution is 0.0812. The van der Waals surface area contributed by atoms with Gasteiger partial charge in [0.25, 0.3) is 5.91 Å². The molecule has 0 saturated heterocycles. The average molecular weight is 355 g/mol. The monoisotopic (exact) mass is 354 g/mol. The van der Waals surface area contributed by atoms with Crippen LogP contribution in [0.1, 0.15) is 43.0 Å². The summed E-state index contributed by atoms with van der Waals surface area (Å²) in [5, 5.41) is 3.19. The number of nitrogens with two attached hydrogens (primary N) is 1. The second kappa shape index (κ2) is 6.79. The Bertz CT molecular complexity index is 521. The van der Waals surface area contributed by atoms with E-state index in [1.165, 1.54) is 6.42 Å². The number of halogens is 1. The Morgan fingerprint density at radius 1 is 1.52 bits per heavy atom. The van der Waals surface area contributed by atoms with E-state index in [1.807, 2.05) is 0 Å². The van der Waals surface area contributed by atoms with Gasteiger partial charge in [-0.05, 0) is 52.9 Å². The molecule has 2 rings (SSSR count). The molecule has 0 aromatic heterocycles. The third-order valence-corrected chi connectivity index (χ3v) is 5.21. The van der Waals surface area contributed by atoms with Gasteiger partial charge in [-0.3, -0.25) is 4.79 Å². The van der Waals surface area contributed by atoms with E-state index in [9.17, 15) is 4.79 Å². The van der Waals surface area contributed by atoms with Crippen LogP contribution in [0.2, 0.25) is 0 Å². The number of methoxy groups -OCH3 is 1. The fraction of sp³-hybridized carbons (Fsp3) is 0.562. The van der Waals surface area contributed by atoms with Gasteiger partial charge in [-0.1, -0.05) is 19.8 Å². The quantitative estimate of drug-likeness (QED) is 0.872. The normalized spacial score (nSPS) is 25.4. The van der Waals surface area contributed by atoms with Crippen molar-refractivity contribution in [2.24, 2.45) is 11.7 Å². The molecule has 1 aliphatic carbocycles. The van der Waals surface area contributed by atoms with E-state index in [-0.39, 0.29) is 11.4 Å². The van der Waals surface area contributed by atoms with E-state index < -0.39 is 0 Å². The van der Waals surface area contributed by atoms with Crippen molar-refractivity contribution in [3.05, 3.63) is 28.2 Å². The number of rotatable bonds is 4. The molecule has 3 N–H and O–H groups in total. The van der Waals surface area contributed by atoms with Gasteiger partial charge in [-0.25, -0.2) is 0 Å². The molecule has 5 heteroatoms. The third-order valence-electron chi connectivity index (χ3n) is 4.59. The molecule has 1 aliphatic rings. The summed E-state index contributed by atoms with van der Waals surface area (Å²) in [4.78, 5) is 12.5. The van der Waals surface area contributed by atoms with Crippen molar-refractivity contribution in [1.82, 2.24) is 5.32 Å². The Balaban J connectivity index is 2.18. The Kier molecular flexibility index (Phi) is 5.27. The molecule has 0 aliphatic heterocycles. The lowest BCUT2D eigenvalue weighted by Gasteiger charge is -2.42. The molecule has 2 atom stereocenters. The minimum atomic E-state index is -0.276. The molecular formula is C16H23BrN2O2. The first kappa shape index (κ1) is 16.3. The van der Waals surface area contributed by atoms with Gasteiger partial charge in [-0.2, -0.15) is 0 Å². The molecule has 0 spiro atoms. The van der Waals surface area contributed by atoms with E-state index >= 15 is 0 Å². The zero-order valence-electron chi connectivity index (χ0n) is 12.6. The average Bonchev–Trinajstić information content (AvgIpc) is 2.49. The summed E-state index contributed by atoms with van der Waals surface area (Å²) >= 11 is 3.41. The van der Waals surface area contributed by atoms with Crippen LogP contribution in [0.5, 0.6) is 5.75 Å². The zero-order valence-corrected chi connectivity index (χ0v) is 14.2. The number of nitrogens with one attached hydrogen (secondary N) is 1. The predicted octanol–water partition coefficient (Wildman–Crippen LogP) is 3.10. The maximum atomic E-state index is 12.5. The van der Waals surface area contributed by atoms with E-state index in [0.717, 1.165) is 23.7 Å². The smallest absolute Gasteiger partial charge is 0.251 e. The van der Waals surface area contributed by atoms with Crippen molar-refractivity contribution in [1.29, 1.82) is 0 Å². The van der Waals surface area contributed by atoms with Gasteiger partial charge in [0, 0.05) is 12.1 Å². The van der Waals surface area contributed by atoms with Crippen LogP contribution in [-0.2, 0) is 0 Å². The Labute approximate surface area is 134 Å². The number of hydrogen-bond donors (Lipinski definition) is 2. The number of hydrogen-bond acceptors (Lipinski definition) is 3. The summed E-state index contributed by atoms with van der Waals surface area (Å²) in [6.07, 6.45) is 4.40. The van der Waals surface area contributed by atoms with Crippen LogP contribution in [0.15, 0.2) is 22.7 Å². The second-order valence-corrected chi connectivity index (χ2v) is 6.66. The lowest BCUT2D eigenvalue weighted by atomic mass is 9.73. The number of ether oxygens (including phenoxy) is 1. The first-order chi connectivity index (χ1) is 10.0. The van der Waals surface area contributed by atoms with E-state index in [0.29, 0.717) is 23.8 Å². The number of amides is 1. The van der Waals surface area contributed by atoms with E-state index in [1.54, 1.807) is 25.3 Å². The maximum absolute atomic E-state index is 12.5. The lowest BCUT2D eigenvalue weighted by Crippen LogP contribution is -2.59. The molecular weight excluding hydrogens is 332 g/mol. The molecule has 1 aromatic carbocycles. The number of benzene rings is 1. The highest BCUT2D eigenvalue weighted by atomic mass is 79.9. The molecule has 4 nitrogen and oxygen atoms in total. The van der Waals surface area contributed by atoms with Crippen molar-refractivity contribution >= 4 is 21.8 Å². The summed E-state index contributed by atoms with van der Waals surface area (Å²) in [7, 11) is 1.60. The standard InChI is InChI=1S/C16H23BrN2O2/c1-11-5-3-4-8-16(11,10-18)19-15(20)12-6-7-14(21-2)13(17)9-12/h6-7,9,11H,3-5,8,10,18H2,1-2H3,(H,19,20). The first-order valence-electron chi connectivity index (χ1n) is 7.38. The van der Waals surface area contributed by atoms with Crippen molar-refractivity contribution in [2.45, 2.75) is 38.1 Å². The SMILES string of the molecule is COc1ccc(C(=O)NC2(CN)CCCCC2C)cc1Br. The Morgan fingerprint density at radius 2 is 2.29 bits per heavy atom. The van der Waals surface area contributed by atoms with E-state index in [4.69, 9.17) is 10.5 Å². The highest BCUT2D eigenvalue weighted by molar-refractivity contribution is 9.10. The molecule has 1 fully saturated rings. The van der Waals surface area contributed by atoms with Crippen LogP contribution in [0.4, 0.5) is 0 Å². The molecule has 0 heterocycles. The third kappa shape index (κ3) is 3.40. The molecule has 0 bridgehead atoms. The minimum Gasteiger partial charge on any atom is -0.496 e. The van der Waals surface area contributed by atoms with Crippen LogP contribution in [-0.4, -0.2) is 25.1 Å². The van der Waals surface area contributed by atoms with Gasteiger partial charge in [0.05, 0.1) is 17.1 Å². The number of carbonyl (C=O) groups is 1. The summed E-state index contributed by atoms with van der Waals surface area (Å²) in [6, 6.07) is 5.35. The van der Waals surface area contributed by atoms with Crippen LogP contribution in [0.25, 0.3) is 0 Å². The van der Waals surface area contributed by atoms with Crippen LogP contribution < -0.4 is 15.8 Å². The second-order valence-electron chi connectivity index (χ2n) is 5.81. The Hall–Kier alpha value is -1.07. The summed E-state index contributed by atoms with van der Waals surface area (Å²) < 4.78 is 5.96. The van der Waals surface area contributed by atoms with Crippen molar-refractivity contribution in [2.75, 3.05) is 13.7 Å². The molecule has 1 amide bonds. The minimum absolute atomic E-state index is 0.0717. The van der Waals surface area contributed by atoms with Crippen LogP contribution in [0, 0.1) is 5.92 Å². The van der Waals surface area contributed by atoms with Gasteiger partial charge in [-0.15, -0.1) is 0 Å². The fourth-order valence-electron chi connectivity index (χ4n) is 3.06. The molecule has 21 heavy (non-hydrogen) atoms. The van der Waals surface area contributed by atoms with E-state index in [2.05, 4.69) is 28.2 Å². The molecule has 116 valence electrons. The highest BCUT2D eigenvalue weighted by Crippen LogP contribution is 2.33. The predicted molar refractivity (Wildman–Crippen MR) is 87.6 cm³/mol. The van der Waals surface area contributed by atoms with Gasteiger partial charge in [0.15, 0.2) is 0 Å². The zero-order chi connectivity index (χ0) is 15.5. The number of carbonyl (C=O) groups excluding carboxylic acids is 1. The molecule has 2 unspecified atom stereocenters. The summed E-state index contributed by atoms with van der Waals surface area (Å²) in [5.41, 5.74) is 6.33. The highest BCUT2D eigenvalue weighted by Gasteiger charge is 2.38. The first-order valence-corrected chi connectivity index (χ1v) is 8.18. The van der Waals surface area contributed by atoms with Crippen molar-refractivity contribution in [3.8, 4) is 5.75 Å². The maximum Gasteiger partial charge on any atom is 0.251 e. The fourth-order valence-corrected chi connectivity index (χ4v) is 3.60. The Morgan fingerprint density at radius 3 is 2.86 bits per heavy atom. The largest absolute Gasteiger partial charge is 0.496 e.